The predicted molar refractivity (Wildman–Crippen MR) is 118 cm³/mol. The molecule has 31 heavy (non-hydrogen) atoms. The van der Waals surface area contributed by atoms with Gasteiger partial charge in [-0.2, -0.15) is 0 Å². The van der Waals surface area contributed by atoms with Gasteiger partial charge in [-0.25, -0.2) is 8.42 Å². The van der Waals surface area contributed by atoms with Crippen LogP contribution in [0.4, 0.5) is 11.4 Å². The van der Waals surface area contributed by atoms with Crippen LogP contribution in [0.3, 0.4) is 0 Å². The number of nitrogens with one attached hydrogen (secondary N) is 2. The molecule has 0 spiro atoms. The van der Waals surface area contributed by atoms with E-state index in [-0.39, 0.29) is 23.3 Å². The lowest BCUT2D eigenvalue weighted by Gasteiger charge is -2.28. The topological polar surface area (TPSA) is 116 Å². The Balaban J connectivity index is 1.79. The highest BCUT2D eigenvalue weighted by Crippen LogP contribution is 2.25. The third-order valence-corrected chi connectivity index (χ3v) is 6.71. The molecule has 2 aromatic carbocycles. The standard InChI is InChI=1S/C22H27N3O5S/c1-15(27)25-10-9-16-7-8-20(11-17(16)13-25)31(29,30)24-19-6-4-5-18(12-19)23-21(28)22(2,3)14-26/h4-8,11-12,24,26H,9-10,13-14H2,1-3H3,(H,23,28). The second-order valence-electron chi connectivity index (χ2n) is 8.30. The zero-order chi connectivity index (χ0) is 22.8. The Labute approximate surface area is 182 Å². The first-order chi connectivity index (χ1) is 14.5. The number of aliphatic hydroxyl groups is 1. The third-order valence-electron chi connectivity index (χ3n) is 5.33. The maximum absolute atomic E-state index is 12.9. The summed E-state index contributed by atoms with van der Waals surface area (Å²) < 4.78 is 28.4. The average Bonchev–Trinajstić information content (AvgIpc) is 2.72. The number of carbonyl (C=O) groups excluding carboxylic acids is 2. The third kappa shape index (κ3) is 5.23. The largest absolute Gasteiger partial charge is 0.395 e. The Kier molecular flexibility index (Phi) is 6.38. The predicted octanol–water partition coefficient (Wildman–Crippen LogP) is 2.35. The number of amides is 2. The SMILES string of the molecule is CC(=O)N1CCc2ccc(S(=O)(=O)Nc3cccc(NC(=O)C(C)(C)CO)c3)cc2C1. The lowest BCUT2D eigenvalue weighted by molar-refractivity contribution is -0.129. The van der Waals surface area contributed by atoms with Gasteiger partial charge in [0, 0.05) is 25.7 Å². The number of nitrogens with zero attached hydrogens (tertiary/aromatic N) is 1. The van der Waals surface area contributed by atoms with Gasteiger partial charge < -0.3 is 15.3 Å². The number of fused-ring (bicyclic) bond motifs is 1. The molecule has 0 aliphatic carbocycles. The lowest BCUT2D eigenvalue weighted by atomic mass is 9.93. The van der Waals surface area contributed by atoms with Crippen LogP contribution >= 0.6 is 0 Å². The summed E-state index contributed by atoms with van der Waals surface area (Å²) in [6.07, 6.45) is 0.689. The number of aliphatic hydroxyl groups excluding tert-OH is 1. The smallest absolute Gasteiger partial charge is 0.261 e. The Hall–Kier alpha value is -2.91. The molecule has 2 aromatic rings. The normalized spacial score (nSPS) is 14.0. The van der Waals surface area contributed by atoms with Crippen molar-refractivity contribution in [2.75, 3.05) is 23.2 Å². The second-order valence-corrected chi connectivity index (χ2v) is 9.99. The Bertz CT molecular complexity index is 1110. The quantitative estimate of drug-likeness (QED) is 0.631. The van der Waals surface area contributed by atoms with Crippen molar-refractivity contribution in [3.05, 3.63) is 53.6 Å². The number of carbonyl (C=O) groups is 2. The monoisotopic (exact) mass is 445 g/mol. The van der Waals surface area contributed by atoms with Gasteiger partial charge in [0.1, 0.15) is 0 Å². The maximum atomic E-state index is 12.9. The second kappa shape index (κ2) is 8.68. The van der Waals surface area contributed by atoms with E-state index in [1.165, 1.54) is 13.0 Å². The van der Waals surface area contributed by atoms with Crippen molar-refractivity contribution in [1.29, 1.82) is 0 Å². The van der Waals surface area contributed by atoms with Crippen molar-refractivity contribution in [2.24, 2.45) is 5.41 Å². The molecule has 8 nitrogen and oxygen atoms in total. The van der Waals surface area contributed by atoms with Crippen molar-refractivity contribution < 1.29 is 23.1 Å². The Morgan fingerprint density at radius 3 is 2.48 bits per heavy atom. The molecule has 1 heterocycles. The van der Waals surface area contributed by atoms with Crippen LogP contribution in [0.25, 0.3) is 0 Å². The fourth-order valence-corrected chi connectivity index (χ4v) is 4.32. The fourth-order valence-electron chi connectivity index (χ4n) is 3.22. The summed E-state index contributed by atoms with van der Waals surface area (Å²) in [5.41, 5.74) is 1.59. The molecule has 166 valence electrons. The molecule has 0 atom stereocenters. The molecule has 3 N–H and O–H groups in total. The zero-order valence-electron chi connectivity index (χ0n) is 17.8. The van der Waals surface area contributed by atoms with E-state index < -0.39 is 15.4 Å². The van der Waals surface area contributed by atoms with Crippen LogP contribution in [0.1, 0.15) is 31.9 Å². The summed E-state index contributed by atoms with van der Waals surface area (Å²) in [7, 11) is -3.87. The van der Waals surface area contributed by atoms with Crippen LogP contribution in [0.5, 0.6) is 0 Å². The molecule has 2 amide bonds. The molecule has 3 rings (SSSR count). The van der Waals surface area contributed by atoms with Gasteiger partial charge in [-0.1, -0.05) is 12.1 Å². The molecule has 0 bridgehead atoms. The van der Waals surface area contributed by atoms with E-state index in [2.05, 4.69) is 10.0 Å². The number of hydrogen-bond acceptors (Lipinski definition) is 5. The minimum Gasteiger partial charge on any atom is -0.395 e. The average molecular weight is 446 g/mol. The highest BCUT2D eigenvalue weighted by Gasteiger charge is 2.27. The van der Waals surface area contributed by atoms with Gasteiger partial charge in [0.05, 0.1) is 22.6 Å². The van der Waals surface area contributed by atoms with E-state index in [4.69, 9.17) is 0 Å². The fraction of sp³-hybridized carbons (Fsp3) is 0.364. The first-order valence-electron chi connectivity index (χ1n) is 9.94. The molecule has 1 aliphatic rings. The van der Waals surface area contributed by atoms with Gasteiger partial charge in [0.15, 0.2) is 0 Å². The van der Waals surface area contributed by atoms with Gasteiger partial charge in [0.25, 0.3) is 10.0 Å². The number of rotatable bonds is 6. The summed E-state index contributed by atoms with van der Waals surface area (Å²) in [5.74, 6) is -0.417. The molecule has 1 aliphatic heterocycles. The molecule has 0 saturated carbocycles. The van der Waals surface area contributed by atoms with E-state index >= 15 is 0 Å². The highest BCUT2D eigenvalue weighted by atomic mass is 32.2. The molecule has 0 saturated heterocycles. The summed E-state index contributed by atoms with van der Waals surface area (Å²) in [6.45, 7) is 5.41. The first kappa shape index (κ1) is 22.8. The minimum atomic E-state index is -3.87. The van der Waals surface area contributed by atoms with Crippen molar-refractivity contribution in [1.82, 2.24) is 4.90 Å². The van der Waals surface area contributed by atoms with E-state index in [9.17, 15) is 23.1 Å². The molecule has 0 aromatic heterocycles. The van der Waals surface area contributed by atoms with Crippen LogP contribution < -0.4 is 10.0 Å². The van der Waals surface area contributed by atoms with Crippen LogP contribution in [-0.4, -0.2) is 43.4 Å². The van der Waals surface area contributed by atoms with Crippen LogP contribution in [-0.2, 0) is 32.6 Å². The minimum absolute atomic E-state index is 0.0414. The molecular weight excluding hydrogens is 418 g/mol. The summed E-state index contributed by atoms with van der Waals surface area (Å²) in [5, 5.41) is 12.0. The lowest BCUT2D eigenvalue weighted by Crippen LogP contribution is -2.34. The maximum Gasteiger partial charge on any atom is 0.261 e. The van der Waals surface area contributed by atoms with Gasteiger partial charge in [-0.3, -0.25) is 14.3 Å². The Morgan fingerprint density at radius 2 is 1.81 bits per heavy atom. The van der Waals surface area contributed by atoms with Crippen molar-refractivity contribution in [3.63, 3.8) is 0 Å². The van der Waals surface area contributed by atoms with E-state index in [0.29, 0.717) is 30.9 Å². The van der Waals surface area contributed by atoms with Crippen LogP contribution in [0.2, 0.25) is 0 Å². The molecule has 0 fully saturated rings. The van der Waals surface area contributed by atoms with Gasteiger partial charge in [-0.05, 0) is 61.7 Å². The van der Waals surface area contributed by atoms with Crippen LogP contribution in [0, 0.1) is 5.41 Å². The first-order valence-corrected chi connectivity index (χ1v) is 11.4. The molecular formula is C22H27N3O5S. The van der Waals surface area contributed by atoms with Gasteiger partial charge >= 0.3 is 0 Å². The molecule has 0 radical (unpaired) electrons. The van der Waals surface area contributed by atoms with Crippen molar-refractivity contribution in [2.45, 2.75) is 38.6 Å². The molecule has 9 heteroatoms. The van der Waals surface area contributed by atoms with Gasteiger partial charge in [-0.15, -0.1) is 0 Å². The summed E-state index contributed by atoms with van der Waals surface area (Å²) >= 11 is 0. The summed E-state index contributed by atoms with van der Waals surface area (Å²) in [6, 6.07) is 11.3. The Morgan fingerprint density at radius 1 is 1.10 bits per heavy atom. The summed E-state index contributed by atoms with van der Waals surface area (Å²) in [4.78, 5) is 25.7. The number of hydrogen-bond donors (Lipinski definition) is 3. The molecule has 0 unspecified atom stereocenters. The number of benzene rings is 2. The van der Waals surface area contributed by atoms with Crippen LogP contribution in [0.15, 0.2) is 47.4 Å². The van der Waals surface area contributed by atoms with E-state index in [1.807, 2.05) is 0 Å². The van der Waals surface area contributed by atoms with E-state index in [1.54, 1.807) is 55.1 Å². The highest BCUT2D eigenvalue weighted by molar-refractivity contribution is 7.92. The zero-order valence-corrected chi connectivity index (χ0v) is 18.6. The number of sulfonamides is 1. The van der Waals surface area contributed by atoms with Gasteiger partial charge in [0.2, 0.25) is 11.8 Å². The van der Waals surface area contributed by atoms with Crippen molar-refractivity contribution >= 4 is 33.2 Å². The van der Waals surface area contributed by atoms with Crippen molar-refractivity contribution in [3.8, 4) is 0 Å². The van der Waals surface area contributed by atoms with E-state index in [0.717, 1.165) is 11.1 Å². The number of anilines is 2.